The van der Waals surface area contributed by atoms with Crippen molar-refractivity contribution >= 4 is 38.1 Å². The van der Waals surface area contributed by atoms with Crippen LogP contribution < -0.4 is 10.1 Å². The molecule has 0 saturated carbocycles. The van der Waals surface area contributed by atoms with Crippen LogP contribution in [0.15, 0.2) is 79.6 Å². The summed E-state index contributed by atoms with van der Waals surface area (Å²) in [5, 5.41) is 3.79. The second-order valence-corrected chi connectivity index (χ2v) is 8.82. The lowest BCUT2D eigenvalue weighted by molar-refractivity contribution is -0.119. The molecule has 0 aliphatic rings. The van der Waals surface area contributed by atoms with E-state index in [1.807, 2.05) is 31.2 Å². The molecule has 0 aliphatic heterocycles. The third-order valence-electron chi connectivity index (χ3n) is 3.89. The predicted octanol–water partition coefficient (Wildman–Crippen LogP) is 3.45. The van der Waals surface area contributed by atoms with E-state index in [2.05, 4.69) is 31.2 Å². The lowest BCUT2D eigenvalue weighted by Gasteiger charge is -2.06. The van der Waals surface area contributed by atoms with Gasteiger partial charge in [0, 0.05) is 10.0 Å². The summed E-state index contributed by atoms with van der Waals surface area (Å²) in [6.45, 7) is 1.42. The zero-order valence-corrected chi connectivity index (χ0v) is 17.8. The topological polar surface area (TPSA) is 101 Å². The zero-order chi connectivity index (χ0) is 20.9. The molecule has 0 bridgehead atoms. The minimum absolute atomic E-state index is 0.0930. The molecule has 2 N–H and O–H groups in total. The first-order chi connectivity index (χ1) is 13.8. The van der Waals surface area contributed by atoms with Crippen LogP contribution >= 0.6 is 15.9 Å². The van der Waals surface area contributed by atoms with Gasteiger partial charge in [-0.1, -0.05) is 45.8 Å². The summed E-state index contributed by atoms with van der Waals surface area (Å²) in [6, 6.07) is 17.5. The van der Waals surface area contributed by atoms with E-state index in [1.54, 1.807) is 24.3 Å². The number of nitrogens with one attached hydrogen (secondary N) is 2. The van der Waals surface area contributed by atoms with E-state index in [0.29, 0.717) is 11.5 Å². The van der Waals surface area contributed by atoms with Crippen molar-refractivity contribution in [1.29, 1.82) is 0 Å². The molecule has 1 aromatic heterocycles. The molecule has 0 aliphatic carbocycles. The van der Waals surface area contributed by atoms with Crippen LogP contribution in [-0.4, -0.2) is 27.1 Å². The maximum absolute atomic E-state index is 12.2. The molecule has 29 heavy (non-hydrogen) atoms. The number of carbonyl (C=O) groups excluding carboxylic acids is 1. The molecule has 7 nitrogen and oxygen atoms in total. The van der Waals surface area contributed by atoms with Crippen LogP contribution in [0.3, 0.4) is 0 Å². The van der Waals surface area contributed by atoms with Crippen LogP contribution in [-0.2, 0) is 14.8 Å². The molecule has 1 amide bonds. The summed E-state index contributed by atoms with van der Waals surface area (Å²) >= 11 is 3.38. The Morgan fingerprint density at radius 3 is 2.45 bits per heavy atom. The Kier molecular flexibility index (Phi) is 6.63. The van der Waals surface area contributed by atoms with Crippen molar-refractivity contribution in [3.05, 3.63) is 76.5 Å². The van der Waals surface area contributed by atoms with Crippen molar-refractivity contribution in [2.75, 3.05) is 6.54 Å². The fraction of sp³-hybridized carbons (Fsp3) is 0.100. The van der Waals surface area contributed by atoms with Crippen molar-refractivity contribution in [3.63, 3.8) is 0 Å². The van der Waals surface area contributed by atoms with E-state index in [1.165, 1.54) is 18.3 Å². The number of aryl methyl sites for hydroxylation is 1. The second kappa shape index (κ2) is 9.17. The van der Waals surface area contributed by atoms with Crippen LogP contribution in [0, 0.1) is 6.92 Å². The van der Waals surface area contributed by atoms with E-state index >= 15 is 0 Å². The van der Waals surface area contributed by atoms with Crippen molar-refractivity contribution in [1.82, 2.24) is 10.1 Å². The van der Waals surface area contributed by atoms with Gasteiger partial charge in [-0.05, 0) is 43.3 Å². The van der Waals surface area contributed by atoms with Gasteiger partial charge >= 0.3 is 0 Å². The van der Waals surface area contributed by atoms with E-state index in [9.17, 15) is 13.2 Å². The van der Waals surface area contributed by atoms with Gasteiger partial charge in [-0.2, -0.15) is 5.10 Å². The fourth-order valence-corrected chi connectivity index (χ4v) is 3.61. The number of carbonyl (C=O) groups is 1. The predicted molar refractivity (Wildman–Crippen MR) is 114 cm³/mol. The number of amides is 1. The quantitative estimate of drug-likeness (QED) is 0.403. The summed E-state index contributed by atoms with van der Waals surface area (Å²) in [7, 11) is -3.76. The average Bonchev–Trinajstić information content (AvgIpc) is 3.16. The maximum atomic E-state index is 12.2. The highest BCUT2D eigenvalue weighted by molar-refractivity contribution is 9.10. The molecule has 3 aromatic rings. The van der Waals surface area contributed by atoms with Crippen molar-refractivity contribution in [2.24, 2.45) is 5.10 Å². The molecule has 0 saturated heterocycles. The number of rotatable bonds is 7. The molecule has 1 heterocycles. The first-order valence-corrected chi connectivity index (χ1v) is 10.9. The highest BCUT2D eigenvalue weighted by Gasteiger charge is 2.14. The smallest absolute Gasteiger partial charge is 0.255 e. The highest BCUT2D eigenvalue weighted by atomic mass is 79.9. The van der Waals surface area contributed by atoms with Gasteiger partial charge in [0.2, 0.25) is 10.0 Å². The molecular weight excluding hydrogens is 458 g/mol. The van der Waals surface area contributed by atoms with E-state index in [4.69, 9.17) is 4.42 Å². The summed E-state index contributed by atoms with van der Waals surface area (Å²) in [5.41, 5.74) is 4.11. The fourth-order valence-electron chi connectivity index (χ4n) is 2.36. The van der Waals surface area contributed by atoms with Gasteiger partial charge in [-0.3, -0.25) is 4.79 Å². The third kappa shape index (κ3) is 5.86. The number of hydrazone groups is 1. The third-order valence-corrected chi connectivity index (χ3v) is 5.84. The van der Waals surface area contributed by atoms with Gasteiger partial charge in [0.25, 0.3) is 5.91 Å². The molecule has 3 rings (SSSR count). The van der Waals surface area contributed by atoms with E-state index in [-0.39, 0.29) is 4.90 Å². The minimum Gasteiger partial charge on any atom is -0.455 e. The molecule has 9 heteroatoms. The summed E-state index contributed by atoms with van der Waals surface area (Å²) < 4.78 is 33.2. The summed E-state index contributed by atoms with van der Waals surface area (Å²) in [6.07, 6.45) is 1.34. The maximum Gasteiger partial charge on any atom is 0.255 e. The molecule has 2 aromatic carbocycles. The Balaban J connectivity index is 1.52. The highest BCUT2D eigenvalue weighted by Crippen LogP contribution is 2.23. The number of hydrogen-bond acceptors (Lipinski definition) is 5. The Labute approximate surface area is 177 Å². The first kappa shape index (κ1) is 21.0. The first-order valence-electron chi connectivity index (χ1n) is 8.57. The van der Waals surface area contributed by atoms with Crippen LogP contribution in [0.2, 0.25) is 0 Å². The number of benzene rings is 2. The van der Waals surface area contributed by atoms with Crippen LogP contribution in [0.5, 0.6) is 0 Å². The summed E-state index contributed by atoms with van der Waals surface area (Å²) in [5.74, 6) is 0.510. The Bertz CT molecular complexity index is 1120. The van der Waals surface area contributed by atoms with Gasteiger partial charge < -0.3 is 4.42 Å². The number of furan rings is 1. The lowest BCUT2D eigenvalue weighted by atomic mass is 10.2. The molecule has 0 radical (unpaired) electrons. The van der Waals surface area contributed by atoms with Gasteiger partial charge in [0.05, 0.1) is 17.7 Å². The van der Waals surface area contributed by atoms with Gasteiger partial charge in [0.1, 0.15) is 11.5 Å². The molecule has 0 fully saturated rings. The molecule has 0 spiro atoms. The van der Waals surface area contributed by atoms with Gasteiger partial charge in [0.15, 0.2) is 0 Å². The van der Waals surface area contributed by atoms with Crippen LogP contribution in [0.1, 0.15) is 11.3 Å². The molecular formula is C20H18BrN3O4S. The standard InChI is InChI=1S/C20H18BrN3O4S/c1-14-2-9-18(10-3-14)29(26,27)23-13-20(25)24-22-12-17-8-11-19(28-17)15-4-6-16(21)7-5-15/h2-12,23H,13H2,1H3,(H,24,25)/b22-12-. The van der Waals surface area contributed by atoms with Crippen molar-refractivity contribution in [2.45, 2.75) is 11.8 Å². The Morgan fingerprint density at radius 2 is 1.76 bits per heavy atom. The van der Waals surface area contributed by atoms with Crippen molar-refractivity contribution < 1.29 is 17.6 Å². The largest absolute Gasteiger partial charge is 0.455 e. The Morgan fingerprint density at radius 1 is 1.07 bits per heavy atom. The number of halogens is 1. The van der Waals surface area contributed by atoms with Crippen molar-refractivity contribution in [3.8, 4) is 11.3 Å². The summed E-state index contributed by atoms with van der Waals surface area (Å²) in [4.78, 5) is 11.9. The average molecular weight is 476 g/mol. The lowest BCUT2D eigenvalue weighted by Crippen LogP contribution is -2.34. The van der Waals surface area contributed by atoms with E-state index < -0.39 is 22.5 Å². The van der Waals surface area contributed by atoms with Gasteiger partial charge in [-0.25, -0.2) is 18.6 Å². The number of hydrogen-bond donors (Lipinski definition) is 2. The molecule has 150 valence electrons. The Hall–Kier alpha value is -2.75. The molecule has 0 unspecified atom stereocenters. The zero-order valence-electron chi connectivity index (χ0n) is 15.4. The monoisotopic (exact) mass is 475 g/mol. The second-order valence-electron chi connectivity index (χ2n) is 6.14. The number of nitrogens with zero attached hydrogens (tertiary/aromatic N) is 1. The normalized spacial score (nSPS) is 11.7. The van der Waals surface area contributed by atoms with Crippen LogP contribution in [0.25, 0.3) is 11.3 Å². The SMILES string of the molecule is Cc1ccc(S(=O)(=O)NCC(=O)N/N=C\c2ccc(-c3ccc(Br)cc3)o2)cc1. The van der Waals surface area contributed by atoms with Crippen LogP contribution in [0.4, 0.5) is 0 Å². The minimum atomic E-state index is -3.76. The molecule has 0 atom stereocenters. The van der Waals surface area contributed by atoms with Gasteiger partial charge in [-0.15, -0.1) is 0 Å². The number of sulfonamides is 1. The van der Waals surface area contributed by atoms with E-state index in [0.717, 1.165) is 15.6 Å².